The largest absolute Gasteiger partial charge is 0.467 e. The van der Waals surface area contributed by atoms with Crippen molar-refractivity contribution in [3.8, 4) is 17.2 Å². The molecule has 0 aromatic heterocycles. The summed E-state index contributed by atoms with van der Waals surface area (Å²) in [6.45, 7) is 1.25. The lowest BCUT2D eigenvalue weighted by atomic mass is 10.1. The first-order valence-electron chi connectivity index (χ1n) is 7.76. The third-order valence-corrected chi connectivity index (χ3v) is 3.28. The van der Waals surface area contributed by atoms with Gasteiger partial charge in [0.2, 0.25) is 0 Å². The number of esters is 1. The zero-order valence-electron chi connectivity index (χ0n) is 14.8. The molecule has 138 valence electrons. The Bertz CT molecular complexity index is 756. The summed E-state index contributed by atoms with van der Waals surface area (Å²) in [5.74, 6) is -0.395. The molecule has 0 radical (unpaired) electrons. The first kappa shape index (κ1) is 19.4. The summed E-state index contributed by atoms with van der Waals surface area (Å²) < 4.78 is 26.0. The maximum Gasteiger partial charge on any atom is 0.343 e. The number of Topliss-reactive ketones (excluding diaryl/α,β-unsaturated/α-hetero) is 1. The Morgan fingerprint density at radius 1 is 0.885 bits per heavy atom. The Morgan fingerprint density at radius 2 is 1.50 bits per heavy atom. The summed E-state index contributed by atoms with van der Waals surface area (Å²) in [5, 5.41) is 0. The monoisotopic (exact) mass is 360 g/mol. The summed E-state index contributed by atoms with van der Waals surface area (Å²) >= 11 is 0. The van der Waals surface area contributed by atoms with Gasteiger partial charge in [0, 0.05) is 26.4 Å². The van der Waals surface area contributed by atoms with Crippen LogP contribution in [0.15, 0.2) is 42.5 Å². The molecule has 0 spiro atoms. The molecule has 0 bridgehead atoms. The molecule has 2 rings (SSSR count). The zero-order valence-corrected chi connectivity index (χ0v) is 14.8. The van der Waals surface area contributed by atoms with Crippen molar-refractivity contribution in [1.29, 1.82) is 0 Å². The molecule has 0 aliphatic carbocycles. The molecular formula is C19H20O7. The molecule has 0 saturated carbocycles. The van der Waals surface area contributed by atoms with E-state index in [9.17, 15) is 9.59 Å². The van der Waals surface area contributed by atoms with Crippen molar-refractivity contribution in [3.05, 3.63) is 53.6 Å². The van der Waals surface area contributed by atoms with E-state index in [4.69, 9.17) is 23.7 Å². The van der Waals surface area contributed by atoms with E-state index in [1.165, 1.54) is 33.3 Å². The number of carbonyl (C=O) groups excluding carboxylic acids is 2. The van der Waals surface area contributed by atoms with Gasteiger partial charge in [0.25, 0.3) is 0 Å². The zero-order chi connectivity index (χ0) is 18.9. The molecule has 26 heavy (non-hydrogen) atoms. The molecule has 0 aliphatic rings. The highest BCUT2D eigenvalue weighted by atomic mass is 16.7. The van der Waals surface area contributed by atoms with Gasteiger partial charge in [0.15, 0.2) is 19.4 Å². The molecule has 2 aromatic rings. The molecular weight excluding hydrogens is 340 g/mol. The van der Waals surface area contributed by atoms with Crippen LogP contribution in [0.1, 0.15) is 27.6 Å². The fourth-order valence-corrected chi connectivity index (χ4v) is 2.17. The summed E-state index contributed by atoms with van der Waals surface area (Å²) in [5.41, 5.74) is 0.473. The Morgan fingerprint density at radius 3 is 2.12 bits per heavy atom. The number of ether oxygens (including phenoxy) is 5. The minimum atomic E-state index is -0.602. The van der Waals surface area contributed by atoms with E-state index in [0.717, 1.165) is 0 Å². The van der Waals surface area contributed by atoms with E-state index in [2.05, 4.69) is 0 Å². The average Bonchev–Trinajstić information content (AvgIpc) is 2.64. The summed E-state index contributed by atoms with van der Waals surface area (Å²) in [4.78, 5) is 24.5. The fraction of sp³-hybridized carbons (Fsp3) is 0.263. The van der Waals surface area contributed by atoms with Gasteiger partial charge in [-0.1, -0.05) is 18.2 Å². The summed E-state index contributed by atoms with van der Waals surface area (Å²) in [7, 11) is 2.93. The van der Waals surface area contributed by atoms with Crippen LogP contribution in [0.25, 0.3) is 0 Å². The quantitative estimate of drug-likeness (QED) is 0.294. The highest BCUT2D eigenvalue weighted by Gasteiger charge is 2.21. The van der Waals surface area contributed by atoms with Gasteiger partial charge in [-0.3, -0.25) is 4.79 Å². The minimum absolute atomic E-state index is 0.0186. The van der Waals surface area contributed by atoms with Crippen molar-refractivity contribution in [1.82, 2.24) is 0 Å². The predicted molar refractivity (Wildman–Crippen MR) is 92.9 cm³/mol. The van der Waals surface area contributed by atoms with Crippen molar-refractivity contribution in [2.45, 2.75) is 6.92 Å². The molecule has 0 atom stereocenters. The van der Waals surface area contributed by atoms with Crippen LogP contribution in [0.4, 0.5) is 0 Å². The van der Waals surface area contributed by atoms with Gasteiger partial charge in [-0.25, -0.2) is 4.79 Å². The van der Waals surface area contributed by atoms with Crippen molar-refractivity contribution in [2.75, 3.05) is 27.8 Å². The van der Waals surface area contributed by atoms with Crippen LogP contribution in [0.2, 0.25) is 0 Å². The SMILES string of the molecule is COCOc1cc(OCOC)c(C(C)=O)c(OC(=O)c2ccccc2)c1. The molecule has 7 nitrogen and oxygen atoms in total. The lowest BCUT2D eigenvalue weighted by Crippen LogP contribution is -2.13. The highest BCUT2D eigenvalue weighted by Crippen LogP contribution is 2.35. The van der Waals surface area contributed by atoms with Crippen molar-refractivity contribution in [2.24, 2.45) is 0 Å². The molecule has 0 unspecified atom stereocenters. The maximum absolute atomic E-state index is 12.4. The summed E-state index contributed by atoms with van der Waals surface area (Å²) in [6, 6.07) is 11.4. The second-order valence-corrected chi connectivity index (χ2v) is 5.21. The van der Waals surface area contributed by atoms with Crippen LogP contribution in [-0.4, -0.2) is 39.6 Å². The van der Waals surface area contributed by atoms with E-state index in [1.54, 1.807) is 30.3 Å². The minimum Gasteiger partial charge on any atom is -0.467 e. The van der Waals surface area contributed by atoms with Crippen LogP contribution in [0.3, 0.4) is 0 Å². The van der Waals surface area contributed by atoms with Gasteiger partial charge in [-0.2, -0.15) is 0 Å². The Hall–Kier alpha value is -2.90. The molecule has 0 aliphatic heterocycles. The lowest BCUT2D eigenvalue weighted by molar-refractivity contribution is 0.0451. The van der Waals surface area contributed by atoms with Crippen LogP contribution in [-0.2, 0) is 9.47 Å². The van der Waals surface area contributed by atoms with E-state index in [1.807, 2.05) is 0 Å². The van der Waals surface area contributed by atoms with Crippen molar-refractivity contribution >= 4 is 11.8 Å². The van der Waals surface area contributed by atoms with E-state index in [-0.39, 0.29) is 36.4 Å². The van der Waals surface area contributed by atoms with Gasteiger partial charge in [-0.05, 0) is 19.1 Å². The van der Waals surface area contributed by atoms with Crippen LogP contribution < -0.4 is 14.2 Å². The second kappa shape index (κ2) is 9.55. The number of rotatable bonds is 9. The number of ketones is 1. The molecule has 0 heterocycles. The second-order valence-electron chi connectivity index (χ2n) is 5.21. The lowest BCUT2D eigenvalue weighted by Gasteiger charge is -2.16. The normalized spacial score (nSPS) is 10.3. The van der Waals surface area contributed by atoms with E-state index < -0.39 is 5.97 Å². The first-order chi connectivity index (χ1) is 12.6. The van der Waals surface area contributed by atoms with Crippen LogP contribution >= 0.6 is 0 Å². The third kappa shape index (κ3) is 5.05. The maximum atomic E-state index is 12.4. The van der Waals surface area contributed by atoms with Crippen LogP contribution in [0, 0.1) is 0 Å². The number of hydrogen-bond donors (Lipinski definition) is 0. The topological polar surface area (TPSA) is 80.3 Å². The van der Waals surface area contributed by atoms with Gasteiger partial charge >= 0.3 is 5.97 Å². The first-order valence-corrected chi connectivity index (χ1v) is 7.76. The number of benzene rings is 2. The number of methoxy groups -OCH3 is 2. The standard InChI is InChI=1S/C19H20O7/c1-13(20)18-16(25-12-23-3)9-15(24-11-22-2)10-17(18)26-19(21)14-7-5-4-6-8-14/h4-10H,11-12H2,1-3H3. The highest BCUT2D eigenvalue weighted by molar-refractivity contribution is 6.01. The molecule has 0 fully saturated rings. The average molecular weight is 360 g/mol. The van der Waals surface area contributed by atoms with Crippen LogP contribution in [0.5, 0.6) is 17.2 Å². The van der Waals surface area contributed by atoms with E-state index in [0.29, 0.717) is 11.3 Å². The smallest absolute Gasteiger partial charge is 0.343 e. The third-order valence-electron chi connectivity index (χ3n) is 3.28. The Balaban J connectivity index is 2.42. The fourth-order valence-electron chi connectivity index (χ4n) is 2.17. The Kier molecular flexibility index (Phi) is 7.13. The van der Waals surface area contributed by atoms with Crippen molar-refractivity contribution in [3.63, 3.8) is 0 Å². The molecule has 2 aromatic carbocycles. The number of carbonyl (C=O) groups is 2. The van der Waals surface area contributed by atoms with Gasteiger partial charge in [0.1, 0.15) is 22.8 Å². The van der Waals surface area contributed by atoms with Gasteiger partial charge < -0.3 is 23.7 Å². The van der Waals surface area contributed by atoms with Gasteiger partial charge in [0.05, 0.1) is 5.56 Å². The molecule has 0 N–H and O–H groups in total. The number of hydrogen-bond acceptors (Lipinski definition) is 7. The van der Waals surface area contributed by atoms with Crippen molar-refractivity contribution < 1.29 is 33.3 Å². The Labute approximate surface area is 151 Å². The van der Waals surface area contributed by atoms with Gasteiger partial charge in [-0.15, -0.1) is 0 Å². The molecule has 7 heteroatoms. The summed E-state index contributed by atoms with van der Waals surface area (Å²) in [6.07, 6.45) is 0. The van der Waals surface area contributed by atoms with E-state index >= 15 is 0 Å². The molecule has 0 saturated heterocycles. The molecule has 0 amide bonds. The predicted octanol–water partition coefficient (Wildman–Crippen LogP) is 3.07.